The van der Waals surface area contributed by atoms with Crippen LogP contribution in [0, 0.1) is 0 Å². The Balaban J connectivity index is 3.07. The minimum absolute atomic E-state index is 0.653. The summed E-state index contributed by atoms with van der Waals surface area (Å²) in [4.78, 5) is 14.1. The van der Waals surface area contributed by atoms with Crippen molar-refractivity contribution in [3.8, 4) is 0 Å². The molecule has 1 aromatic rings. The van der Waals surface area contributed by atoms with Crippen molar-refractivity contribution in [3.63, 3.8) is 0 Å². The predicted octanol–water partition coefficient (Wildman–Crippen LogP) is 2.39. The topological polar surface area (TPSA) is 41.5 Å². The van der Waals surface area contributed by atoms with E-state index in [1.807, 2.05) is 25.2 Å². The van der Waals surface area contributed by atoms with Crippen LogP contribution in [0.1, 0.15) is 0 Å². The summed E-state index contributed by atoms with van der Waals surface area (Å²) in [5, 5.41) is 2.98. The van der Waals surface area contributed by atoms with E-state index >= 15 is 0 Å². The average molecular weight is 241 g/mol. The molecule has 0 fully saturated rings. The molecule has 0 heterocycles. The number of benzene rings is 1. The van der Waals surface area contributed by atoms with E-state index in [2.05, 4.69) is 26.2 Å². The molecule has 0 radical (unpaired) electrons. The smallest absolute Gasteiger partial charge is 0.161 e. The minimum atomic E-state index is 0.653. The molecule has 0 spiro atoms. The molecule has 0 bridgehead atoms. The van der Waals surface area contributed by atoms with Crippen molar-refractivity contribution < 1.29 is 4.79 Å². The number of carbonyl (C=O) groups excluding carboxylic acids is 1. The molecule has 1 N–H and O–H groups in total. The Hall–Kier alpha value is -1.16. The van der Waals surface area contributed by atoms with Crippen molar-refractivity contribution in [2.24, 2.45) is 4.99 Å². The molecule has 3 nitrogen and oxygen atoms in total. The minimum Gasteiger partial charge on any atom is -0.386 e. The van der Waals surface area contributed by atoms with Gasteiger partial charge in [0.2, 0.25) is 0 Å². The van der Waals surface area contributed by atoms with Crippen molar-refractivity contribution in [1.82, 2.24) is 0 Å². The Labute approximate surface area is 85.0 Å². The summed E-state index contributed by atoms with van der Waals surface area (Å²) in [6, 6.07) is 5.64. The molecule has 4 heteroatoms. The molecule has 0 saturated carbocycles. The molecule has 0 unspecified atom stereocenters. The van der Waals surface area contributed by atoms with Crippen LogP contribution < -0.4 is 5.32 Å². The molecule has 0 aliphatic carbocycles. The highest BCUT2D eigenvalue weighted by atomic mass is 79.9. The maximum Gasteiger partial charge on any atom is 0.161 e. The fraction of sp³-hybridized carbons (Fsp3) is 0.111. The standard InChI is InChI=1S/C9H9BrN2O/c1-11-8-3-2-7(10)6-9(8)12-4-5-13/h2-6,11H,1H3. The second kappa shape index (κ2) is 4.77. The molecule has 0 saturated heterocycles. The van der Waals surface area contributed by atoms with Gasteiger partial charge in [-0.15, -0.1) is 0 Å². The van der Waals surface area contributed by atoms with Gasteiger partial charge in [-0.3, -0.25) is 9.79 Å². The first-order chi connectivity index (χ1) is 6.27. The maximum atomic E-state index is 10.1. The maximum absolute atomic E-state index is 10.1. The summed E-state index contributed by atoms with van der Waals surface area (Å²) in [5.41, 5.74) is 1.63. The monoisotopic (exact) mass is 240 g/mol. The van der Waals surface area contributed by atoms with E-state index in [0.717, 1.165) is 15.8 Å². The third-order valence-corrected chi connectivity index (χ3v) is 2.00. The van der Waals surface area contributed by atoms with E-state index in [1.54, 1.807) is 0 Å². The van der Waals surface area contributed by atoms with Crippen LogP contribution in [-0.2, 0) is 4.79 Å². The van der Waals surface area contributed by atoms with Crippen molar-refractivity contribution >= 4 is 39.8 Å². The van der Waals surface area contributed by atoms with Gasteiger partial charge in [-0.1, -0.05) is 15.9 Å². The highest BCUT2D eigenvalue weighted by Gasteiger charge is 1.98. The number of halogens is 1. The third kappa shape index (κ3) is 2.66. The SMILES string of the molecule is CNc1ccc(Br)cc1N=CC=O. The number of aliphatic imine (C=N–C) groups is 1. The van der Waals surface area contributed by atoms with E-state index in [-0.39, 0.29) is 0 Å². The van der Waals surface area contributed by atoms with E-state index in [4.69, 9.17) is 0 Å². The van der Waals surface area contributed by atoms with Gasteiger partial charge in [-0.25, -0.2) is 0 Å². The molecular weight excluding hydrogens is 232 g/mol. The number of aldehydes is 1. The van der Waals surface area contributed by atoms with Crippen LogP contribution in [0.5, 0.6) is 0 Å². The number of anilines is 1. The van der Waals surface area contributed by atoms with Crippen LogP contribution in [0.25, 0.3) is 0 Å². The van der Waals surface area contributed by atoms with Gasteiger partial charge < -0.3 is 5.32 Å². The quantitative estimate of drug-likeness (QED) is 0.652. The van der Waals surface area contributed by atoms with Gasteiger partial charge in [0.15, 0.2) is 6.29 Å². The van der Waals surface area contributed by atoms with Crippen molar-refractivity contribution in [2.45, 2.75) is 0 Å². The van der Waals surface area contributed by atoms with E-state index in [9.17, 15) is 4.79 Å². The van der Waals surface area contributed by atoms with Gasteiger partial charge in [0.25, 0.3) is 0 Å². The van der Waals surface area contributed by atoms with Crippen LogP contribution in [0.15, 0.2) is 27.7 Å². The van der Waals surface area contributed by atoms with Crippen LogP contribution in [-0.4, -0.2) is 19.5 Å². The molecule has 68 valence electrons. The lowest BCUT2D eigenvalue weighted by atomic mass is 10.3. The molecule has 0 aliphatic heterocycles. The summed E-state index contributed by atoms with van der Waals surface area (Å²) < 4.78 is 0.935. The Morgan fingerprint density at radius 2 is 2.31 bits per heavy atom. The Morgan fingerprint density at radius 1 is 1.54 bits per heavy atom. The van der Waals surface area contributed by atoms with Gasteiger partial charge in [-0.2, -0.15) is 0 Å². The van der Waals surface area contributed by atoms with E-state index in [1.165, 1.54) is 6.21 Å². The molecule has 13 heavy (non-hydrogen) atoms. The van der Waals surface area contributed by atoms with E-state index < -0.39 is 0 Å². The van der Waals surface area contributed by atoms with Crippen LogP contribution >= 0.6 is 15.9 Å². The lowest BCUT2D eigenvalue weighted by molar-refractivity contribution is -0.102. The highest BCUT2D eigenvalue weighted by molar-refractivity contribution is 9.10. The van der Waals surface area contributed by atoms with Crippen LogP contribution in [0.3, 0.4) is 0 Å². The van der Waals surface area contributed by atoms with Gasteiger partial charge >= 0.3 is 0 Å². The predicted molar refractivity (Wildman–Crippen MR) is 57.9 cm³/mol. The summed E-state index contributed by atoms with van der Waals surface area (Å²) in [6.07, 6.45) is 1.88. The first-order valence-corrected chi connectivity index (χ1v) is 4.52. The summed E-state index contributed by atoms with van der Waals surface area (Å²) in [7, 11) is 1.81. The Bertz CT molecular complexity index is 336. The van der Waals surface area contributed by atoms with Gasteiger partial charge in [0.1, 0.15) is 0 Å². The first kappa shape index (κ1) is 9.92. The normalized spacial score (nSPS) is 10.3. The lowest BCUT2D eigenvalue weighted by Crippen LogP contribution is -1.88. The molecule has 1 rings (SSSR count). The zero-order valence-electron chi connectivity index (χ0n) is 7.12. The first-order valence-electron chi connectivity index (χ1n) is 3.73. The van der Waals surface area contributed by atoms with Crippen molar-refractivity contribution in [3.05, 3.63) is 22.7 Å². The zero-order chi connectivity index (χ0) is 9.68. The lowest BCUT2D eigenvalue weighted by Gasteiger charge is -2.03. The zero-order valence-corrected chi connectivity index (χ0v) is 8.71. The van der Waals surface area contributed by atoms with Crippen LogP contribution in [0.2, 0.25) is 0 Å². The summed E-state index contributed by atoms with van der Waals surface area (Å²) >= 11 is 3.33. The van der Waals surface area contributed by atoms with Crippen LogP contribution in [0.4, 0.5) is 11.4 Å². The van der Waals surface area contributed by atoms with Crippen molar-refractivity contribution in [2.75, 3.05) is 12.4 Å². The number of hydrogen-bond donors (Lipinski definition) is 1. The third-order valence-electron chi connectivity index (χ3n) is 1.50. The summed E-state index contributed by atoms with van der Waals surface area (Å²) in [6.45, 7) is 0. The second-order valence-corrected chi connectivity index (χ2v) is 3.24. The fourth-order valence-corrected chi connectivity index (χ4v) is 1.28. The van der Waals surface area contributed by atoms with Gasteiger partial charge in [0.05, 0.1) is 17.6 Å². The molecule has 1 aromatic carbocycles. The number of hydrogen-bond acceptors (Lipinski definition) is 3. The average Bonchev–Trinajstić information content (AvgIpc) is 2.15. The number of carbonyl (C=O) groups is 1. The van der Waals surface area contributed by atoms with Gasteiger partial charge in [-0.05, 0) is 18.2 Å². The molecule has 0 aromatic heterocycles. The molecular formula is C9H9BrN2O. The second-order valence-electron chi connectivity index (χ2n) is 2.33. The van der Waals surface area contributed by atoms with E-state index in [0.29, 0.717) is 6.29 Å². The number of rotatable bonds is 3. The Morgan fingerprint density at radius 3 is 2.92 bits per heavy atom. The summed E-state index contributed by atoms with van der Waals surface area (Å²) in [5.74, 6) is 0. The fourth-order valence-electron chi connectivity index (χ4n) is 0.934. The van der Waals surface area contributed by atoms with Gasteiger partial charge in [0, 0.05) is 11.5 Å². The molecule has 0 atom stereocenters. The van der Waals surface area contributed by atoms with Crippen molar-refractivity contribution in [1.29, 1.82) is 0 Å². The molecule has 0 aliphatic rings. The number of nitrogens with zero attached hydrogens (tertiary/aromatic N) is 1. The molecule has 0 amide bonds. The highest BCUT2D eigenvalue weighted by Crippen LogP contribution is 2.27. The Kier molecular flexibility index (Phi) is 3.64. The largest absolute Gasteiger partial charge is 0.386 e. The number of nitrogens with one attached hydrogen (secondary N) is 1.